The van der Waals surface area contributed by atoms with E-state index in [0.717, 1.165) is 17.7 Å². The molecule has 0 amide bonds. The monoisotopic (exact) mass is 306 g/mol. The number of ether oxygens (including phenoxy) is 1. The molecule has 0 heterocycles. The molecule has 0 spiro atoms. The molecule has 1 unspecified atom stereocenters. The molecule has 22 heavy (non-hydrogen) atoms. The maximum atomic E-state index is 12.6. The zero-order valence-corrected chi connectivity index (χ0v) is 12.4. The van der Waals surface area contributed by atoms with Crippen molar-refractivity contribution in [2.75, 3.05) is 7.11 Å². The van der Waals surface area contributed by atoms with Crippen LogP contribution < -0.4 is 0 Å². The van der Waals surface area contributed by atoms with Crippen LogP contribution in [-0.2, 0) is 10.9 Å². The van der Waals surface area contributed by atoms with Gasteiger partial charge in [-0.05, 0) is 30.2 Å². The normalized spacial score (nSPS) is 24.3. The molecule has 0 N–H and O–H groups in total. The Balaban J connectivity index is 1.84. The fourth-order valence-corrected chi connectivity index (χ4v) is 3.05. The van der Waals surface area contributed by atoms with E-state index in [0.29, 0.717) is 0 Å². The number of hydrogen-bond acceptors (Lipinski definition) is 1. The van der Waals surface area contributed by atoms with Gasteiger partial charge in [0.25, 0.3) is 0 Å². The molecule has 4 heteroatoms. The highest BCUT2D eigenvalue weighted by Gasteiger charge is 2.52. The van der Waals surface area contributed by atoms with Gasteiger partial charge in [0.05, 0.1) is 11.7 Å². The molecule has 1 aliphatic carbocycles. The van der Waals surface area contributed by atoms with Crippen LogP contribution in [0.1, 0.15) is 34.1 Å². The maximum Gasteiger partial charge on any atom is 0.416 e. The topological polar surface area (TPSA) is 9.23 Å². The van der Waals surface area contributed by atoms with Crippen molar-refractivity contribution < 1.29 is 17.9 Å². The van der Waals surface area contributed by atoms with Gasteiger partial charge in [-0.2, -0.15) is 13.2 Å². The Morgan fingerprint density at radius 3 is 1.68 bits per heavy atom. The number of benzene rings is 2. The van der Waals surface area contributed by atoms with Crippen molar-refractivity contribution in [2.45, 2.75) is 31.0 Å². The standard InChI is InChI=1S/C18H17F3O/c1-11-3-5-12(6-4-11)15-16(17(15)22-2)13-7-9-14(10-8-13)18(19,20)21/h3-10,15-17H,1-2H3/t15-,16-,17?/m0/s1. The quantitative estimate of drug-likeness (QED) is 0.783. The molecule has 0 bridgehead atoms. The lowest BCUT2D eigenvalue weighted by Crippen LogP contribution is -2.04. The number of aryl methyl sites for hydroxylation is 1. The van der Waals surface area contributed by atoms with Crippen LogP contribution in [0.2, 0.25) is 0 Å². The Bertz CT molecular complexity index is 644. The molecule has 116 valence electrons. The molecule has 2 aromatic rings. The van der Waals surface area contributed by atoms with Crippen LogP contribution in [0.5, 0.6) is 0 Å². The van der Waals surface area contributed by atoms with Gasteiger partial charge in [0.15, 0.2) is 0 Å². The average Bonchev–Trinajstić information content (AvgIpc) is 3.21. The summed E-state index contributed by atoms with van der Waals surface area (Å²) in [6.45, 7) is 2.03. The van der Waals surface area contributed by atoms with Crippen LogP contribution in [0, 0.1) is 6.92 Å². The van der Waals surface area contributed by atoms with Gasteiger partial charge in [-0.25, -0.2) is 0 Å². The van der Waals surface area contributed by atoms with E-state index in [4.69, 9.17) is 4.74 Å². The molecule has 0 aliphatic heterocycles. The van der Waals surface area contributed by atoms with Crippen LogP contribution in [-0.4, -0.2) is 13.2 Å². The van der Waals surface area contributed by atoms with E-state index in [1.807, 2.05) is 19.1 Å². The van der Waals surface area contributed by atoms with Gasteiger partial charge < -0.3 is 4.74 Å². The van der Waals surface area contributed by atoms with E-state index < -0.39 is 11.7 Å². The molecule has 0 saturated heterocycles. The van der Waals surface area contributed by atoms with E-state index in [9.17, 15) is 13.2 Å². The first-order chi connectivity index (χ1) is 10.4. The summed E-state index contributed by atoms with van der Waals surface area (Å²) < 4.78 is 43.4. The number of rotatable bonds is 3. The molecule has 2 aromatic carbocycles. The molecule has 1 nitrogen and oxygen atoms in total. The smallest absolute Gasteiger partial charge is 0.380 e. The maximum absolute atomic E-state index is 12.6. The van der Waals surface area contributed by atoms with Crippen molar-refractivity contribution >= 4 is 0 Å². The van der Waals surface area contributed by atoms with Gasteiger partial charge in [-0.3, -0.25) is 0 Å². The van der Waals surface area contributed by atoms with E-state index in [1.165, 1.54) is 11.1 Å². The van der Waals surface area contributed by atoms with Crippen molar-refractivity contribution in [1.82, 2.24) is 0 Å². The molecule has 0 radical (unpaired) electrons. The molecule has 1 aliphatic rings. The van der Waals surface area contributed by atoms with Gasteiger partial charge in [0.1, 0.15) is 0 Å². The van der Waals surface area contributed by atoms with Crippen molar-refractivity contribution in [3.63, 3.8) is 0 Å². The lowest BCUT2D eigenvalue weighted by molar-refractivity contribution is -0.137. The molecule has 3 atom stereocenters. The van der Waals surface area contributed by atoms with Gasteiger partial charge in [-0.15, -0.1) is 0 Å². The first-order valence-electron chi connectivity index (χ1n) is 7.18. The van der Waals surface area contributed by atoms with Gasteiger partial charge >= 0.3 is 6.18 Å². The summed E-state index contributed by atoms with van der Waals surface area (Å²) >= 11 is 0. The lowest BCUT2D eigenvalue weighted by Gasteiger charge is -2.07. The highest BCUT2D eigenvalue weighted by Crippen LogP contribution is 2.56. The van der Waals surface area contributed by atoms with E-state index in [2.05, 4.69) is 12.1 Å². The lowest BCUT2D eigenvalue weighted by atomic mass is 10.0. The Morgan fingerprint density at radius 2 is 1.27 bits per heavy atom. The summed E-state index contributed by atoms with van der Waals surface area (Å²) in [7, 11) is 1.65. The summed E-state index contributed by atoms with van der Waals surface area (Å²) in [6.07, 6.45) is -4.27. The van der Waals surface area contributed by atoms with E-state index in [-0.39, 0.29) is 17.9 Å². The van der Waals surface area contributed by atoms with E-state index >= 15 is 0 Å². The minimum absolute atomic E-state index is 0.0273. The first-order valence-corrected chi connectivity index (χ1v) is 7.18. The van der Waals surface area contributed by atoms with Crippen molar-refractivity contribution in [3.05, 3.63) is 70.8 Å². The van der Waals surface area contributed by atoms with Crippen LogP contribution in [0.4, 0.5) is 13.2 Å². The zero-order chi connectivity index (χ0) is 15.9. The molecule has 0 aromatic heterocycles. The number of halogens is 3. The summed E-state index contributed by atoms with van der Waals surface area (Å²) in [6, 6.07) is 13.6. The molecular weight excluding hydrogens is 289 g/mol. The van der Waals surface area contributed by atoms with Gasteiger partial charge in [0.2, 0.25) is 0 Å². The highest BCUT2D eigenvalue weighted by molar-refractivity contribution is 5.42. The van der Waals surface area contributed by atoms with Crippen molar-refractivity contribution in [1.29, 1.82) is 0 Å². The average molecular weight is 306 g/mol. The number of hydrogen-bond donors (Lipinski definition) is 0. The third-order valence-corrected chi connectivity index (χ3v) is 4.31. The molecular formula is C18H17F3O. The fourth-order valence-electron chi connectivity index (χ4n) is 3.05. The third kappa shape index (κ3) is 2.75. The van der Waals surface area contributed by atoms with Crippen molar-refractivity contribution in [2.24, 2.45) is 0 Å². The van der Waals surface area contributed by atoms with Crippen LogP contribution in [0.15, 0.2) is 48.5 Å². The highest BCUT2D eigenvalue weighted by atomic mass is 19.4. The van der Waals surface area contributed by atoms with Gasteiger partial charge in [0, 0.05) is 18.9 Å². The minimum Gasteiger partial charge on any atom is -0.380 e. The van der Waals surface area contributed by atoms with Gasteiger partial charge in [-0.1, -0.05) is 42.0 Å². The first kappa shape index (κ1) is 15.1. The summed E-state index contributed by atoms with van der Waals surface area (Å²) in [5.74, 6) is 0.331. The Morgan fingerprint density at radius 1 is 0.818 bits per heavy atom. The summed E-state index contributed by atoms with van der Waals surface area (Å²) in [4.78, 5) is 0. The van der Waals surface area contributed by atoms with Crippen LogP contribution >= 0.6 is 0 Å². The minimum atomic E-state index is -4.29. The second-order valence-electron chi connectivity index (χ2n) is 5.78. The second kappa shape index (κ2) is 5.43. The predicted octanol–water partition coefficient (Wildman–Crippen LogP) is 4.91. The molecule has 3 rings (SSSR count). The summed E-state index contributed by atoms with van der Waals surface area (Å²) in [5.41, 5.74) is 2.63. The van der Waals surface area contributed by atoms with Crippen LogP contribution in [0.25, 0.3) is 0 Å². The third-order valence-electron chi connectivity index (χ3n) is 4.31. The van der Waals surface area contributed by atoms with Crippen LogP contribution in [0.3, 0.4) is 0 Å². The second-order valence-corrected chi connectivity index (χ2v) is 5.78. The SMILES string of the molecule is COC1[C@@H](c2ccc(C)cc2)[C@@H]1c1ccc(C(F)(F)F)cc1. The molecule has 1 saturated carbocycles. The summed E-state index contributed by atoms with van der Waals surface area (Å²) in [5, 5.41) is 0. The predicted molar refractivity (Wildman–Crippen MR) is 78.9 cm³/mol. The Labute approximate surface area is 127 Å². The molecule has 1 fully saturated rings. The van der Waals surface area contributed by atoms with Crippen molar-refractivity contribution in [3.8, 4) is 0 Å². The zero-order valence-electron chi connectivity index (χ0n) is 12.4. The fraction of sp³-hybridized carbons (Fsp3) is 0.333. The largest absolute Gasteiger partial charge is 0.416 e. The Kier molecular flexibility index (Phi) is 3.73. The van der Waals surface area contributed by atoms with E-state index in [1.54, 1.807) is 19.2 Å². The Hall–Kier alpha value is -1.81. The number of methoxy groups -OCH3 is 1. The number of alkyl halides is 3.